The van der Waals surface area contributed by atoms with Crippen molar-refractivity contribution in [3.63, 3.8) is 0 Å². The van der Waals surface area contributed by atoms with Crippen LogP contribution in [0.25, 0.3) is 0 Å². The Morgan fingerprint density at radius 1 is 1.28 bits per heavy atom. The van der Waals surface area contributed by atoms with E-state index in [2.05, 4.69) is 29.5 Å². The predicted molar refractivity (Wildman–Crippen MR) is 108 cm³/mol. The molecule has 29 heavy (non-hydrogen) atoms. The Kier molecular flexibility index (Phi) is 9.77. The number of aliphatic imine (C=N–C) groups is 1. The van der Waals surface area contributed by atoms with Gasteiger partial charge >= 0.3 is 6.18 Å². The SMILES string of the molecule is CN=C(NCC(=O)N(C)CC(F)(F)F)NCc1ccc(C)cc1OCCC(C)C. The zero-order valence-corrected chi connectivity index (χ0v) is 17.7. The van der Waals surface area contributed by atoms with E-state index in [9.17, 15) is 18.0 Å². The number of nitrogens with one attached hydrogen (secondary N) is 2. The van der Waals surface area contributed by atoms with E-state index in [0.717, 1.165) is 30.3 Å². The Morgan fingerprint density at radius 2 is 1.97 bits per heavy atom. The summed E-state index contributed by atoms with van der Waals surface area (Å²) in [5.74, 6) is 0.942. The third-order valence-corrected chi connectivity index (χ3v) is 4.09. The number of rotatable bonds is 9. The molecular formula is C20H31F3N4O2. The number of guanidine groups is 1. The standard InChI is InChI=1S/C20H31F3N4O2/c1-14(2)8-9-29-17-10-15(3)6-7-16(17)11-25-19(24-4)26-12-18(28)27(5)13-20(21,22)23/h6-7,10,14H,8-9,11-13H2,1-5H3,(H2,24,25,26). The zero-order valence-electron chi connectivity index (χ0n) is 17.7. The second kappa shape index (κ2) is 11.5. The number of amides is 1. The fraction of sp³-hybridized carbons (Fsp3) is 0.600. The topological polar surface area (TPSA) is 66.0 Å². The molecule has 0 saturated heterocycles. The molecule has 6 nitrogen and oxygen atoms in total. The van der Waals surface area contributed by atoms with Crippen LogP contribution in [0.4, 0.5) is 13.2 Å². The van der Waals surface area contributed by atoms with Crippen molar-refractivity contribution in [2.45, 2.75) is 39.9 Å². The molecule has 1 aromatic carbocycles. The lowest BCUT2D eigenvalue weighted by Crippen LogP contribution is -2.45. The summed E-state index contributed by atoms with van der Waals surface area (Å²) in [7, 11) is 2.63. The Bertz CT molecular complexity index is 691. The molecule has 0 unspecified atom stereocenters. The Labute approximate surface area is 170 Å². The van der Waals surface area contributed by atoms with Crippen LogP contribution in [0.5, 0.6) is 5.75 Å². The van der Waals surface area contributed by atoms with E-state index < -0.39 is 18.6 Å². The molecule has 0 aromatic heterocycles. The van der Waals surface area contributed by atoms with Crippen molar-refractivity contribution in [2.24, 2.45) is 10.9 Å². The molecule has 0 atom stereocenters. The van der Waals surface area contributed by atoms with Crippen LogP contribution >= 0.6 is 0 Å². The van der Waals surface area contributed by atoms with E-state index in [0.29, 0.717) is 29.9 Å². The van der Waals surface area contributed by atoms with Crippen LogP contribution in [-0.4, -0.2) is 56.7 Å². The number of aryl methyl sites for hydroxylation is 1. The number of ether oxygens (including phenoxy) is 1. The summed E-state index contributed by atoms with van der Waals surface area (Å²) in [5, 5.41) is 5.79. The lowest BCUT2D eigenvalue weighted by molar-refractivity contribution is -0.157. The first kappa shape index (κ1) is 24.6. The summed E-state index contributed by atoms with van der Waals surface area (Å²) >= 11 is 0. The van der Waals surface area contributed by atoms with Gasteiger partial charge in [-0.2, -0.15) is 13.2 Å². The van der Waals surface area contributed by atoms with Gasteiger partial charge in [0.2, 0.25) is 5.91 Å². The molecule has 0 bridgehead atoms. The van der Waals surface area contributed by atoms with Crippen molar-refractivity contribution in [1.82, 2.24) is 15.5 Å². The van der Waals surface area contributed by atoms with Crippen molar-refractivity contribution in [2.75, 3.05) is 33.8 Å². The van der Waals surface area contributed by atoms with Gasteiger partial charge in [-0.3, -0.25) is 9.79 Å². The number of likely N-dealkylation sites (N-methyl/N-ethyl adjacent to an activating group) is 1. The highest BCUT2D eigenvalue weighted by molar-refractivity contribution is 5.86. The van der Waals surface area contributed by atoms with E-state index in [1.165, 1.54) is 7.05 Å². The maximum Gasteiger partial charge on any atom is 0.406 e. The van der Waals surface area contributed by atoms with E-state index in [4.69, 9.17) is 4.74 Å². The second-order valence-corrected chi connectivity index (χ2v) is 7.29. The maximum atomic E-state index is 12.4. The van der Waals surface area contributed by atoms with Gasteiger partial charge in [0.05, 0.1) is 13.2 Å². The zero-order chi connectivity index (χ0) is 22.0. The number of hydrogen-bond donors (Lipinski definition) is 2. The smallest absolute Gasteiger partial charge is 0.406 e. The largest absolute Gasteiger partial charge is 0.493 e. The van der Waals surface area contributed by atoms with Gasteiger partial charge in [0.15, 0.2) is 5.96 Å². The van der Waals surface area contributed by atoms with E-state index in [-0.39, 0.29) is 6.54 Å². The highest BCUT2D eigenvalue weighted by Crippen LogP contribution is 2.21. The average Bonchev–Trinajstić information content (AvgIpc) is 2.61. The quantitative estimate of drug-likeness (QED) is 0.480. The fourth-order valence-corrected chi connectivity index (χ4v) is 2.40. The highest BCUT2D eigenvalue weighted by Gasteiger charge is 2.31. The summed E-state index contributed by atoms with van der Waals surface area (Å²) < 4.78 is 43.0. The van der Waals surface area contributed by atoms with E-state index in [1.54, 1.807) is 0 Å². The van der Waals surface area contributed by atoms with Crippen molar-refractivity contribution >= 4 is 11.9 Å². The normalized spacial score (nSPS) is 12.1. The first-order chi connectivity index (χ1) is 13.5. The Balaban J connectivity index is 2.61. The summed E-state index contributed by atoms with van der Waals surface area (Å²) in [4.78, 5) is 16.5. The highest BCUT2D eigenvalue weighted by atomic mass is 19.4. The third kappa shape index (κ3) is 10.0. The molecule has 0 aliphatic heterocycles. The molecule has 0 saturated carbocycles. The number of carbonyl (C=O) groups excluding carboxylic acids is 1. The molecule has 0 spiro atoms. The predicted octanol–water partition coefficient (Wildman–Crippen LogP) is 3.11. The minimum atomic E-state index is -4.43. The van der Waals surface area contributed by atoms with E-state index in [1.807, 2.05) is 25.1 Å². The summed E-state index contributed by atoms with van der Waals surface area (Å²) in [6, 6.07) is 5.88. The molecular weight excluding hydrogens is 385 g/mol. The first-order valence-electron chi connectivity index (χ1n) is 9.49. The van der Waals surface area contributed by atoms with Gasteiger partial charge in [-0.05, 0) is 30.9 Å². The summed E-state index contributed by atoms with van der Waals surface area (Å²) in [6.45, 7) is 5.66. The third-order valence-electron chi connectivity index (χ3n) is 4.09. The number of alkyl halides is 3. The molecule has 9 heteroatoms. The molecule has 0 aliphatic rings. The summed E-state index contributed by atoms with van der Waals surface area (Å²) in [6.07, 6.45) is -3.49. The van der Waals surface area contributed by atoms with Crippen LogP contribution < -0.4 is 15.4 Å². The van der Waals surface area contributed by atoms with Crippen LogP contribution in [0.1, 0.15) is 31.4 Å². The van der Waals surface area contributed by atoms with Crippen LogP contribution in [0.2, 0.25) is 0 Å². The van der Waals surface area contributed by atoms with Gasteiger partial charge in [0.25, 0.3) is 0 Å². The molecule has 0 radical (unpaired) electrons. The van der Waals surface area contributed by atoms with Crippen LogP contribution in [0, 0.1) is 12.8 Å². The average molecular weight is 416 g/mol. The Hall–Kier alpha value is -2.45. The lowest BCUT2D eigenvalue weighted by atomic mass is 10.1. The van der Waals surface area contributed by atoms with Gasteiger partial charge in [-0.1, -0.05) is 26.0 Å². The fourth-order valence-electron chi connectivity index (χ4n) is 2.40. The van der Waals surface area contributed by atoms with Crippen molar-refractivity contribution < 1.29 is 22.7 Å². The minimum absolute atomic E-state index is 0.294. The van der Waals surface area contributed by atoms with Gasteiger partial charge in [-0.25, -0.2) is 0 Å². The number of nitrogens with zero attached hydrogens (tertiary/aromatic N) is 2. The van der Waals surface area contributed by atoms with Crippen molar-refractivity contribution in [3.8, 4) is 5.75 Å². The van der Waals surface area contributed by atoms with Crippen LogP contribution in [-0.2, 0) is 11.3 Å². The van der Waals surface area contributed by atoms with Crippen LogP contribution in [0.15, 0.2) is 23.2 Å². The number of benzene rings is 1. The van der Waals surface area contributed by atoms with Gasteiger partial charge < -0.3 is 20.3 Å². The van der Waals surface area contributed by atoms with E-state index >= 15 is 0 Å². The van der Waals surface area contributed by atoms with Gasteiger partial charge in [0.1, 0.15) is 12.3 Å². The van der Waals surface area contributed by atoms with Crippen LogP contribution in [0.3, 0.4) is 0 Å². The lowest BCUT2D eigenvalue weighted by Gasteiger charge is -2.20. The molecule has 164 valence electrons. The molecule has 2 N–H and O–H groups in total. The monoisotopic (exact) mass is 416 g/mol. The maximum absolute atomic E-state index is 12.4. The molecule has 0 aliphatic carbocycles. The molecule has 0 fully saturated rings. The first-order valence-corrected chi connectivity index (χ1v) is 9.49. The van der Waals surface area contributed by atoms with Crippen molar-refractivity contribution in [3.05, 3.63) is 29.3 Å². The molecule has 1 rings (SSSR count). The summed E-state index contributed by atoms with van der Waals surface area (Å²) in [5.41, 5.74) is 2.00. The second-order valence-electron chi connectivity index (χ2n) is 7.29. The number of halogens is 3. The van der Waals surface area contributed by atoms with Gasteiger partial charge in [0, 0.05) is 26.2 Å². The Morgan fingerprint density at radius 3 is 2.55 bits per heavy atom. The number of carbonyl (C=O) groups is 1. The molecule has 1 aromatic rings. The molecule has 0 heterocycles. The minimum Gasteiger partial charge on any atom is -0.493 e. The molecule has 1 amide bonds. The van der Waals surface area contributed by atoms with Gasteiger partial charge in [-0.15, -0.1) is 0 Å². The van der Waals surface area contributed by atoms with Crippen molar-refractivity contribution in [1.29, 1.82) is 0 Å². The number of hydrogen-bond acceptors (Lipinski definition) is 3.